The van der Waals surface area contributed by atoms with Gasteiger partial charge in [0.25, 0.3) is 5.91 Å². The molecule has 0 atom stereocenters. The van der Waals surface area contributed by atoms with Crippen LogP contribution in [0.2, 0.25) is 5.02 Å². The second-order valence-electron chi connectivity index (χ2n) is 5.69. The van der Waals surface area contributed by atoms with Crippen LogP contribution in [0.3, 0.4) is 0 Å². The first-order valence-electron chi connectivity index (χ1n) is 7.82. The molecule has 0 saturated heterocycles. The molecule has 25 heavy (non-hydrogen) atoms. The van der Waals surface area contributed by atoms with Gasteiger partial charge in [-0.2, -0.15) is 5.10 Å². The van der Waals surface area contributed by atoms with Gasteiger partial charge in [-0.25, -0.2) is 4.68 Å². The largest absolute Gasteiger partial charge is 0.470 e. The number of rotatable bonds is 5. The van der Waals surface area contributed by atoms with E-state index in [2.05, 4.69) is 10.4 Å². The highest BCUT2D eigenvalue weighted by molar-refractivity contribution is 6.32. The number of aromatic nitrogens is 2. The molecule has 0 radical (unpaired) electrons. The SMILES string of the molecule is Cc1ccc(C)c(NC(=O)c2ccnn2COc2ccccc2Cl)c1. The number of anilines is 1. The number of carbonyl (C=O) groups is 1. The van der Waals surface area contributed by atoms with Crippen LogP contribution in [-0.2, 0) is 6.73 Å². The zero-order valence-corrected chi connectivity index (χ0v) is 14.7. The van der Waals surface area contributed by atoms with Crippen molar-refractivity contribution in [2.24, 2.45) is 0 Å². The summed E-state index contributed by atoms with van der Waals surface area (Å²) in [6.45, 7) is 4.02. The molecule has 0 bridgehead atoms. The molecular weight excluding hydrogens is 338 g/mol. The standard InChI is InChI=1S/C19H18ClN3O2/c1-13-7-8-14(2)16(11-13)22-19(24)17-9-10-21-23(17)12-25-18-6-4-3-5-15(18)20/h3-11H,12H2,1-2H3,(H,22,24). The van der Waals surface area contributed by atoms with Gasteiger partial charge in [-0.1, -0.05) is 35.9 Å². The van der Waals surface area contributed by atoms with Crippen LogP contribution in [0.15, 0.2) is 54.7 Å². The molecule has 1 heterocycles. The number of aryl methyl sites for hydroxylation is 2. The van der Waals surface area contributed by atoms with Crippen LogP contribution in [0.1, 0.15) is 21.6 Å². The lowest BCUT2D eigenvalue weighted by Gasteiger charge is -2.12. The van der Waals surface area contributed by atoms with Crippen LogP contribution in [0, 0.1) is 13.8 Å². The van der Waals surface area contributed by atoms with E-state index in [1.807, 2.05) is 44.2 Å². The first-order valence-corrected chi connectivity index (χ1v) is 8.20. The summed E-state index contributed by atoms with van der Waals surface area (Å²) in [5, 5.41) is 7.58. The Kier molecular flexibility index (Phi) is 5.05. The average Bonchev–Trinajstić information content (AvgIpc) is 3.06. The summed E-state index contributed by atoms with van der Waals surface area (Å²) in [4.78, 5) is 12.6. The minimum Gasteiger partial charge on any atom is -0.470 e. The number of hydrogen-bond acceptors (Lipinski definition) is 3. The minimum atomic E-state index is -0.242. The lowest BCUT2D eigenvalue weighted by molar-refractivity contribution is 0.100. The van der Waals surface area contributed by atoms with Crippen molar-refractivity contribution in [1.29, 1.82) is 0 Å². The molecule has 0 aliphatic carbocycles. The Bertz CT molecular complexity index is 905. The van der Waals surface area contributed by atoms with Gasteiger partial charge in [0.2, 0.25) is 0 Å². The summed E-state index contributed by atoms with van der Waals surface area (Å²) >= 11 is 6.07. The molecular formula is C19H18ClN3O2. The maximum absolute atomic E-state index is 12.6. The fraction of sp³-hybridized carbons (Fsp3) is 0.158. The van der Waals surface area contributed by atoms with Crippen molar-refractivity contribution in [3.63, 3.8) is 0 Å². The van der Waals surface area contributed by atoms with Gasteiger partial charge in [-0.05, 0) is 49.2 Å². The summed E-state index contributed by atoms with van der Waals surface area (Å²) in [7, 11) is 0. The Morgan fingerprint density at radius 1 is 1.20 bits per heavy atom. The molecule has 0 fully saturated rings. The molecule has 3 aromatic rings. The molecule has 0 saturated carbocycles. The number of nitrogens with zero attached hydrogens (tertiary/aromatic N) is 2. The molecule has 1 aromatic heterocycles. The van der Waals surface area contributed by atoms with Gasteiger partial charge in [-0.3, -0.25) is 4.79 Å². The second-order valence-corrected chi connectivity index (χ2v) is 6.10. The van der Waals surface area contributed by atoms with Crippen LogP contribution < -0.4 is 10.1 Å². The number of para-hydroxylation sites is 1. The van der Waals surface area contributed by atoms with Crippen LogP contribution >= 0.6 is 11.6 Å². The number of carbonyl (C=O) groups excluding carboxylic acids is 1. The molecule has 0 aliphatic rings. The Morgan fingerprint density at radius 2 is 2.00 bits per heavy atom. The van der Waals surface area contributed by atoms with Gasteiger partial charge >= 0.3 is 0 Å². The molecule has 2 aromatic carbocycles. The van der Waals surface area contributed by atoms with Crippen LogP contribution in [0.4, 0.5) is 5.69 Å². The number of benzene rings is 2. The zero-order chi connectivity index (χ0) is 17.8. The van der Waals surface area contributed by atoms with E-state index in [4.69, 9.17) is 16.3 Å². The smallest absolute Gasteiger partial charge is 0.274 e. The Morgan fingerprint density at radius 3 is 2.80 bits per heavy atom. The third-order valence-corrected chi connectivity index (χ3v) is 4.08. The molecule has 0 aliphatic heterocycles. The fourth-order valence-corrected chi connectivity index (χ4v) is 2.57. The summed E-state index contributed by atoms with van der Waals surface area (Å²) < 4.78 is 7.14. The van der Waals surface area contributed by atoms with Crippen molar-refractivity contribution >= 4 is 23.2 Å². The van der Waals surface area contributed by atoms with Crippen molar-refractivity contribution in [3.8, 4) is 5.75 Å². The van der Waals surface area contributed by atoms with Crippen molar-refractivity contribution in [2.75, 3.05) is 5.32 Å². The van der Waals surface area contributed by atoms with Gasteiger partial charge in [0.05, 0.1) is 5.02 Å². The summed E-state index contributed by atoms with van der Waals surface area (Å²) in [5.41, 5.74) is 3.27. The third-order valence-electron chi connectivity index (χ3n) is 3.77. The van der Waals surface area contributed by atoms with E-state index in [1.165, 1.54) is 4.68 Å². The highest BCUT2D eigenvalue weighted by atomic mass is 35.5. The van der Waals surface area contributed by atoms with Crippen molar-refractivity contribution < 1.29 is 9.53 Å². The number of nitrogens with one attached hydrogen (secondary N) is 1. The molecule has 1 N–H and O–H groups in total. The average molecular weight is 356 g/mol. The van der Waals surface area contributed by atoms with Crippen LogP contribution in [0.5, 0.6) is 5.75 Å². The zero-order valence-electron chi connectivity index (χ0n) is 14.0. The number of ether oxygens (including phenoxy) is 1. The van der Waals surface area contributed by atoms with E-state index in [0.29, 0.717) is 16.5 Å². The maximum atomic E-state index is 12.6. The molecule has 0 unspecified atom stereocenters. The van der Waals surface area contributed by atoms with Crippen molar-refractivity contribution in [3.05, 3.63) is 76.6 Å². The Balaban J connectivity index is 1.73. The number of hydrogen-bond donors (Lipinski definition) is 1. The van der Waals surface area contributed by atoms with Crippen molar-refractivity contribution in [1.82, 2.24) is 9.78 Å². The number of halogens is 1. The molecule has 128 valence electrons. The van der Waals surface area contributed by atoms with E-state index >= 15 is 0 Å². The first kappa shape index (κ1) is 17.0. The van der Waals surface area contributed by atoms with E-state index in [-0.39, 0.29) is 12.6 Å². The molecule has 0 spiro atoms. The second kappa shape index (κ2) is 7.40. The predicted molar refractivity (Wildman–Crippen MR) is 98.2 cm³/mol. The van der Waals surface area contributed by atoms with Crippen LogP contribution in [-0.4, -0.2) is 15.7 Å². The molecule has 3 rings (SSSR count). The van der Waals surface area contributed by atoms with E-state index in [9.17, 15) is 4.79 Å². The lowest BCUT2D eigenvalue weighted by atomic mass is 10.1. The lowest BCUT2D eigenvalue weighted by Crippen LogP contribution is -2.20. The highest BCUT2D eigenvalue weighted by Crippen LogP contribution is 2.23. The highest BCUT2D eigenvalue weighted by Gasteiger charge is 2.14. The molecule has 1 amide bonds. The third kappa shape index (κ3) is 4.00. The maximum Gasteiger partial charge on any atom is 0.274 e. The summed E-state index contributed by atoms with van der Waals surface area (Å²) in [6, 6.07) is 14.7. The summed E-state index contributed by atoms with van der Waals surface area (Å²) in [6.07, 6.45) is 1.56. The van der Waals surface area contributed by atoms with Crippen LogP contribution in [0.25, 0.3) is 0 Å². The van der Waals surface area contributed by atoms with Gasteiger partial charge < -0.3 is 10.1 Å². The monoisotopic (exact) mass is 355 g/mol. The summed E-state index contributed by atoms with van der Waals surface area (Å²) in [5.74, 6) is 0.300. The normalized spacial score (nSPS) is 10.5. The Hall–Kier alpha value is -2.79. The van der Waals surface area contributed by atoms with Gasteiger partial charge in [0, 0.05) is 11.9 Å². The molecule has 5 nitrogen and oxygen atoms in total. The number of amides is 1. The van der Waals surface area contributed by atoms with Gasteiger partial charge in [-0.15, -0.1) is 0 Å². The van der Waals surface area contributed by atoms with E-state index in [1.54, 1.807) is 24.4 Å². The topological polar surface area (TPSA) is 56.2 Å². The fourth-order valence-electron chi connectivity index (χ4n) is 2.38. The van der Waals surface area contributed by atoms with Gasteiger partial charge in [0.15, 0.2) is 6.73 Å². The minimum absolute atomic E-state index is 0.0896. The molecule has 6 heteroatoms. The predicted octanol–water partition coefficient (Wildman–Crippen LogP) is 4.44. The first-order chi connectivity index (χ1) is 12.0. The van der Waals surface area contributed by atoms with E-state index < -0.39 is 0 Å². The Labute approximate surface area is 151 Å². The van der Waals surface area contributed by atoms with Gasteiger partial charge in [0.1, 0.15) is 11.4 Å². The van der Waals surface area contributed by atoms with Crippen molar-refractivity contribution in [2.45, 2.75) is 20.6 Å². The quantitative estimate of drug-likeness (QED) is 0.736. The van der Waals surface area contributed by atoms with E-state index in [0.717, 1.165) is 16.8 Å².